The van der Waals surface area contributed by atoms with E-state index >= 15 is 0 Å². The summed E-state index contributed by atoms with van der Waals surface area (Å²) in [5.41, 5.74) is 7.90. The number of benzene rings is 6. The molecule has 2 radical (unpaired) electrons. The van der Waals surface area contributed by atoms with Gasteiger partial charge in [0.15, 0.2) is 0 Å². The van der Waals surface area contributed by atoms with E-state index in [0.717, 1.165) is 0 Å². The molecule has 2 aromatic heterocycles. The number of hydrogen-bond donors (Lipinski definition) is 2. The zero-order chi connectivity index (χ0) is 53.2. The molecular weight excluding hydrogens is 1070 g/mol. The predicted molar refractivity (Wildman–Crippen MR) is 288 cm³/mol. The summed E-state index contributed by atoms with van der Waals surface area (Å²) in [6, 6.07) is 53.1. The summed E-state index contributed by atoms with van der Waals surface area (Å²) in [6.45, 7) is 4.46. The van der Waals surface area contributed by atoms with E-state index in [1.54, 1.807) is 182 Å². The Balaban J connectivity index is 0.000000963. The number of rotatable bonds is 13. The summed E-state index contributed by atoms with van der Waals surface area (Å²) >= 11 is 0. The Hall–Kier alpha value is -8.55. The SMILES string of the molecule is CCCCCC.O=C(N/N=C/c1ccccc1[O-])c1ccncc1.O=C(N/N=C/c1ccccc1[O-])c1ccncc1.O=C(c1ccccc1)N([O-])c1ccccc1.O=C(c1ccccc1)N([O-])c1ccccc1.[O-2].[O-2].[V+4].[V+4]. The van der Waals surface area contributed by atoms with Gasteiger partial charge in [0.2, 0.25) is 11.8 Å². The number of para-hydroxylation sites is 4. The molecular formula is C58H54N8O10V2. The number of pyridine rings is 2. The topological polar surface area (TPSA) is 299 Å². The summed E-state index contributed by atoms with van der Waals surface area (Å²) in [4.78, 5) is 54.3. The van der Waals surface area contributed by atoms with Gasteiger partial charge in [0.25, 0.3) is 11.8 Å². The van der Waals surface area contributed by atoms with Crippen LogP contribution in [-0.2, 0) is 48.1 Å². The Morgan fingerprint density at radius 1 is 0.436 bits per heavy atom. The normalized spacial score (nSPS) is 9.54. The van der Waals surface area contributed by atoms with E-state index in [2.05, 4.69) is 44.9 Å². The molecule has 4 amide bonds. The molecule has 6 aromatic carbocycles. The number of nitrogens with one attached hydrogen (secondary N) is 2. The van der Waals surface area contributed by atoms with Crippen molar-refractivity contribution in [2.24, 2.45) is 10.2 Å². The maximum absolute atomic E-state index is 11.8. The summed E-state index contributed by atoms with van der Waals surface area (Å²) in [5, 5.41) is 54.4. The molecule has 18 nitrogen and oxygen atoms in total. The maximum atomic E-state index is 11.8. The molecule has 0 saturated carbocycles. The van der Waals surface area contributed by atoms with Crippen LogP contribution in [0.2, 0.25) is 0 Å². The van der Waals surface area contributed by atoms with Crippen molar-refractivity contribution in [3.8, 4) is 11.5 Å². The van der Waals surface area contributed by atoms with Gasteiger partial charge in [0.1, 0.15) is 0 Å². The Morgan fingerprint density at radius 2 is 0.718 bits per heavy atom. The quantitative estimate of drug-likeness (QED) is 0.0625. The van der Waals surface area contributed by atoms with Crippen LogP contribution in [0.15, 0.2) is 229 Å². The van der Waals surface area contributed by atoms with E-state index in [1.807, 2.05) is 0 Å². The predicted octanol–water partition coefficient (Wildman–Crippen LogP) is 9.84. The third kappa shape index (κ3) is 25.3. The molecule has 0 saturated heterocycles. The van der Waals surface area contributed by atoms with Gasteiger partial charge in [-0.3, -0.25) is 29.1 Å². The molecule has 0 bridgehead atoms. The first-order valence-corrected chi connectivity index (χ1v) is 23.3. The monoisotopic (exact) mass is 1120 g/mol. The van der Waals surface area contributed by atoms with Crippen LogP contribution in [0, 0.1) is 10.4 Å². The molecule has 0 fully saturated rings. The Bertz CT molecular complexity index is 2760. The van der Waals surface area contributed by atoms with Gasteiger partial charge in [0, 0.05) is 58.4 Å². The van der Waals surface area contributed by atoms with Crippen molar-refractivity contribution >= 4 is 47.4 Å². The number of hydrogen-bond acceptors (Lipinski definition) is 12. The largest absolute Gasteiger partial charge is 4.00 e. The van der Waals surface area contributed by atoms with Crippen LogP contribution in [0.5, 0.6) is 11.5 Å². The second kappa shape index (κ2) is 40.7. The van der Waals surface area contributed by atoms with Crippen LogP contribution in [0.25, 0.3) is 0 Å². The minimum Gasteiger partial charge on any atom is -2.00 e. The molecule has 0 unspecified atom stereocenters. The first-order valence-electron chi connectivity index (χ1n) is 23.3. The molecule has 2 heterocycles. The molecule has 78 heavy (non-hydrogen) atoms. The minimum atomic E-state index is -0.549. The molecule has 0 aliphatic carbocycles. The zero-order valence-electron chi connectivity index (χ0n) is 42.4. The number of hydroxylamine groups is 2. The summed E-state index contributed by atoms with van der Waals surface area (Å²) in [5.74, 6) is -2.08. The van der Waals surface area contributed by atoms with E-state index < -0.39 is 11.8 Å². The summed E-state index contributed by atoms with van der Waals surface area (Å²) in [6.07, 6.45) is 14.3. The van der Waals surface area contributed by atoms with Gasteiger partial charge < -0.3 is 41.7 Å². The van der Waals surface area contributed by atoms with Crippen molar-refractivity contribution in [2.75, 3.05) is 10.1 Å². The van der Waals surface area contributed by atoms with Crippen LogP contribution in [0.1, 0.15) is 92.1 Å². The van der Waals surface area contributed by atoms with E-state index in [0.29, 0.717) is 54.9 Å². The van der Waals surface area contributed by atoms with Gasteiger partial charge in [-0.05, 0) is 83.9 Å². The van der Waals surface area contributed by atoms with E-state index in [4.69, 9.17) is 0 Å². The average molecular weight is 1130 g/mol. The smallest absolute Gasteiger partial charge is 2.00 e. The van der Waals surface area contributed by atoms with Crippen molar-refractivity contribution in [1.82, 2.24) is 20.8 Å². The Labute approximate surface area is 477 Å². The fourth-order valence-corrected chi connectivity index (χ4v) is 5.89. The third-order valence-electron chi connectivity index (χ3n) is 9.81. The van der Waals surface area contributed by atoms with E-state index in [9.17, 15) is 39.8 Å². The number of carbonyl (C=O) groups is 4. The van der Waals surface area contributed by atoms with Gasteiger partial charge in [-0.15, -0.1) is 0 Å². The maximum Gasteiger partial charge on any atom is 4.00 e. The number of carbonyl (C=O) groups excluding carboxylic acids is 4. The zero-order valence-corrected chi connectivity index (χ0v) is 45.2. The standard InChI is InChI=1S/2C13H11N3O2.2C13H10NO2.C6H14.2O.2V/c2*17-12-4-2-1-3-11(12)9-15-16-13(18)10-5-7-14-8-6-10;2*15-13(11-7-3-1-4-8-11)14(16)12-9-5-2-6-10-12;1-3-5-6-4-2;;;;/h2*1-9,17H,(H,16,18);2*1-10H;3-6H2,1-2H3;;;;/q;;2*-1;;2*-2;2*+4/p-2/b2*15-9+;;;;;;;. The Morgan fingerprint density at radius 3 is 1.01 bits per heavy atom. The number of aromatic nitrogens is 2. The minimum absolute atomic E-state index is 0. The molecule has 0 atom stereocenters. The van der Waals surface area contributed by atoms with E-state index in [-0.39, 0.29) is 71.4 Å². The second-order valence-electron chi connectivity index (χ2n) is 15.3. The van der Waals surface area contributed by atoms with Crippen LogP contribution < -0.4 is 31.2 Å². The van der Waals surface area contributed by atoms with Gasteiger partial charge in [-0.1, -0.05) is 172 Å². The first-order chi connectivity index (χ1) is 36.0. The van der Waals surface area contributed by atoms with Crippen molar-refractivity contribution in [1.29, 1.82) is 0 Å². The fraction of sp³-hybridized carbons (Fsp3) is 0.103. The van der Waals surface area contributed by atoms with Gasteiger partial charge in [0.05, 0.1) is 12.4 Å². The van der Waals surface area contributed by atoms with Gasteiger partial charge in [-0.2, -0.15) is 10.2 Å². The number of anilines is 2. The molecule has 0 aliphatic rings. The number of hydrazone groups is 2. The van der Waals surface area contributed by atoms with Gasteiger partial charge >= 0.3 is 37.1 Å². The molecule has 8 rings (SSSR count). The van der Waals surface area contributed by atoms with Crippen molar-refractivity contribution in [3.05, 3.63) is 263 Å². The molecule has 20 heteroatoms. The van der Waals surface area contributed by atoms with Crippen LogP contribution in [-0.4, -0.2) is 46.0 Å². The van der Waals surface area contributed by atoms with Crippen molar-refractivity contribution < 1.29 is 77.5 Å². The number of nitrogens with zero attached hydrogens (tertiary/aromatic N) is 6. The third-order valence-corrected chi connectivity index (χ3v) is 9.81. The number of unbranched alkanes of at least 4 members (excludes halogenated alkanes) is 3. The van der Waals surface area contributed by atoms with Crippen molar-refractivity contribution in [2.45, 2.75) is 39.5 Å². The summed E-state index contributed by atoms with van der Waals surface area (Å²) < 4.78 is 0. The summed E-state index contributed by atoms with van der Waals surface area (Å²) in [7, 11) is 0. The van der Waals surface area contributed by atoms with Crippen LogP contribution in [0.3, 0.4) is 0 Å². The molecule has 0 spiro atoms. The van der Waals surface area contributed by atoms with Crippen LogP contribution >= 0.6 is 0 Å². The molecule has 2 N–H and O–H groups in total. The average Bonchev–Trinajstić information content (AvgIpc) is 3.46. The second-order valence-corrected chi connectivity index (χ2v) is 15.3. The van der Waals surface area contributed by atoms with Gasteiger partial charge in [-0.25, -0.2) is 10.9 Å². The molecule has 0 aliphatic heterocycles. The number of amides is 4. The van der Waals surface area contributed by atoms with Crippen LogP contribution in [0.4, 0.5) is 11.4 Å². The van der Waals surface area contributed by atoms with E-state index in [1.165, 1.54) is 75.0 Å². The fourth-order valence-electron chi connectivity index (χ4n) is 5.89. The molecule has 8 aromatic rings. The first kappa shape index (κ1) is 69.4. The van der Waals surface area contributed by atoms with Crippen molar-refractivity contribution in [3.63, 3.8) is 0 Å². The Kier molecular flexibility index (Phi) is 36.3. The molecule has 396 valence electrons.